The molecule has 3 heteroatoms. The summed E-state index contributed by atoms with van der Waals surface area (Å²) in [6, 6.07) is 6.97. The fraction of sp³-hybridized carbons (Fsp3) is 0.250. The van der Waals surface area contributed by atoms with E-state index in [0.29, 0.717) is 12.4 Å². The molecule has 0 radical (unpaired) electrons. The van der Waals surface area contributed by atoms with Gasteiger partial charge in [0.05, 0.1) is 6.61 Å². The topological polar surface area (TPSA) is 29.5 Å². The van der Waals surface area contributed by atoms with Crippen LogP contribution in [0, 0.1) is 0 Å². The predicted molar refractivity (Wildman–Crippen MR) is 52.5 cm³/mol. The van der Waals surface area contributed by atoms with Gasteiger partial charge in [-0.25, -0.2) is 0 Å². The van der Waals surface area contributed by atoms with Gasteiger partial charge in [0.15, 0.2) is 11.5 Å². The summed E-state index contributed by atoms with van der Waals surface area (Å²) in [5.41, 5.74) is 0. The number of hydrogen-bond donors (Lipinski definition) is 1. The second-order valence-electron chi connectivity index (χ2n) is 2.01. The number of halogens is 1. The van der Waals surface area contributed by atoms with E-state index in [2.05, 4.69) is 22.6 Å². The molecule has 0 atom stereocenters. The van der Waals surface area contributed by atoms with Crippen molar-refractivity contribution in [3.63, 3.8) is 0 Å². The second kappa shape index (κ2) is 4.43. The van der Waals surface area contributed by atoms with E-state index in [4.69, 9.17) is 4.74 Å². The number of aromatic hydroxyl groups is 1. The zero-order valence-corrected chi connectivity index (χ0v) is 8.11. The Morgan fingerprint density at radius 2 is 2.09 bits per heavy atom. The number of benzene rings is 1. The van der Waals surface area contributed by atoms with Crippen LogP contribution in [-0.2, 0) is 0 Å². The first-order chi connectivity index (χ1) is 5.34. The molecule has 0 bridgehead atoms. The van der Waals surface area contributed by atoms with Crippen molar-refractivity contribution in [3.05, 3.63) is 24.3 Å². The minimum absolute atomic E-state index is 0.206. The predicted octanol–water partition coefficient (Wildman–Crippen LogP) is 2.21. The highest BCUT2D eigenvalue weighted by Crippen LogP contribution is 2.23. The molecule has 0 aromatic heterocycles. The van der Waals surface area contributed by atoms with Gasteiger partial charge in [0.25, 0.3) is 0 Å². The fourth-order valence-corrected chi connectivity index (χ4v) is 0.948. The van der Waals surface area contributed by atoms with Gasteiger partial charge in [-0.3, -0.25) is 0 Å². The molecule has 1 rings (SSSR count). The standard InChI is InChI=1S/C8H9IO2/c9-5-6-11-8-4-2-1-3-7(8)10/h1-4,10H,5-6H2. The summed E-state index contributed by atoms with van der Waals surface area (Å²) in [6.07, 6.45) is 0. The number of para-hydroxylation sites is 2. The molecule has 0 unspecified atom stereocenters. The average molecular weight is 264 g/mol. The zero-order valence-electron chi connectivity index (χ0n) is 5.96. The van der Waals surface area contributed by atoms with Gasteiger partial charge in [0.1, 0.15) is 0 Å². The maximum absolute atomic E-state index is 9.21. The minimum atomic E-state index is 0.206. The quantitative estimate of drug-likeness (QED) is 0.670. The van der Waals surface area contributed by atoms with Gasteiger partial charge in [-0.05, 0) is 12.1 Å². The minimum Gasteiger partial charge on any atom is -0.504 e. The molecule has 0 amide bonds. The molecule has 60 valence electrons. The van der Waals surface area contributed by atoms with E-state index in [9.17, 15) is 5.11 Å². The Kier molecular flexibility index (Phi) is 3.48. The molecular formula is C8H9IO2. The Morgan fingerprint density at radius 3 is 2.73 bits per heavy atom. The summed E-state index contributed by atoms with van der Waals surface area (Å²) < 4.78 is 6.15. The molecule has 0 spiro atoms. The summed E-state index contributed by atoms with van der Waals surface area (Å²) >= 11 is 2.22. The number of alkyl halides is 1. The van der Waals surface area contributed by atoms with Crippen molar-refractivity contribution < 1.29 is 9.84 Å². The highest BCUT2D eigenvalue weighted by atomic mass is 127. The lowest BCUT2D eigenvalue weighted by molar-refractivity contribution is 0.323. The van der Waals surface area contributed by atoms with Crippen LogP contribution in [0.4, 0.5) is 0 Å². The van der Waals surface area contributed by atoms with Crippen LogP contribution in [0.5, 0.6) is 11.5 Å². The van der Waals surface area contributed by atoms with Crippen LogP contribution >= 0.6 is 22.6 Å². The van der Waals surface area contributed by atoms with Crippen LogP contribution in [0.25, 0.3) is 0 Å². The highest BCUT2D eigenvalue weighted by Gasteiger charge is 1.97. The smallest absolute Gasteiger partial charge is 0.160 e. The van der Waals surface area contributed by atoms with Crippen molar-refractivity contribution in [2.75, 3.05) is 11.0 Å². The number of phenolic OH excluding ortho intramolecular Hbond substituents is 1. The van der Waals surface area contributed by atoms with Crippen molar-refractivity contribution in [2.45, 2.75) is 0 Å². The van der Waals surface area contributed by atoms with E-state index in [-0.39, 0.29) is 5.75 Å². The van der Waals surface area contributed by atoms with Crippen LogP contribution < -0.4 is 4.74 Å². The highest BCUT2D eigenvalue weighted by molar-refractivity contribution is 14.1. The largest absolute Gasteiger partial charge is 0.504 e. The van der Waals surface area contributed by atoms with E-state index in [1.54, 1.807) is 18.2 Å². The third-order valence-electron chi connectivity index (χ3n) is 1.20. The molecule has 11 heavy (non-hydrogen) atoms. The third-order valence-corrected chi connectivity index (χ3v) is 1.64. The Hall–Kier alpha value is -0.450. The summed E-state index contributed by atoms with van der Waals surface area (Å²) in [6.45, 7) is 0.637. The fourth-order valence-electron chi connectivity index (χ4n) is 0.728. The molecule has 0 aliphatic heterocycles. The van der Waals surface area contributed by atoms with Crippen molar-refractivity contribution in [1.29, 1.82) is 0 Å². The van der Waals surface area contributed by atoms with Crippen molar-refractivity contribution >= 4 is 22.6 Å². The van der Waals surface area contributed by atoms with Gasteiger partial charge in [-0.2, -0.15) is 0 Å². The van der Waals surface area contributed by atoms with Gasteiger partial charge in [0, 0.05) is 4.43 Å². The maximum Gasteiger partial charge on any atom is 0.160 e. The van der Waals surface area contributed by atoms with Crippen LogP contribution in [0.3, 0.4) is 0 Å². The van der Waals surface area contributed by atoms with Crippen molar-refractivity contribution in [3.8, 4) is 11.5 Å². The van der Waals surface area contributed by atoms with E-state index >= 15 is 0 Å². The molecular weight excluding hydrogens is 255 g/mol. The molecule has 0 fully saturated rings. The first-order valence-corrected chi connectivity index (χ1v) is 4.84. The van der Waals surface area contributed by atoms with Gasteiger partial charge < -0.3 is 9.84 Å². The molecule has 1 N–H and O–H groups in total. The van der Waals surface area contributed by atoms with Crippen molar-refractivity contribution in [2.24, 2.45) is 0 Å². The Morgan fingerprint density at radius 1 is 1.36 bits per heavy atom. The maximum atomic E-state index is 9.21. The first kappa shape index (κ1) is 8.64. The van der Waals surface area contributed by atoms with Crippen LogP contribution in [0.15, 0.2) is 24.3 Å². The lowest BCUT2D eigenvalue weighted by atomic mass is 10.3. The van der Waals surface area contributed by atoms with E-state index < -0.39 is 0 Å². The van der Waals surface area contributed by atoms with E-state index in [0.717, 1.165) is 4.43 Å². The summed E-state index contributed by atoms with van der Waals surface area (Å²) in [5, 5.41) is 9.21. The number of phenols is 1. The Bertz CT molecular complexity index is 225. The van der Waals surface area contributed by atoms with Gasteiger partial charge in [0.2, 0.25) is 0 Å². The summed E-state index contributed by atoms with van der Waals surface area (Å²) in [4.78, 5) is 0. The molecule has 1 aromatic rings. The molecule has 0 saturated heterocycles. The monoisotopic (exact) mass is 264 g/mol. The van der Waals surface area contributed by atoms with Gasteiger partial charge >= 0.3 is 0 Å². The first-order valence-electron chi connectivity index (χ1n) is 3.31. The lowest BCUT2D eigenvalue weighted by Crippen LogP contribution is -1.97. The normalized spacial score (nSPS) is 9.55. The molecule has 2 nitrogen and oxygen atoms in total. The second-order valence-corrected chi connectivity index (χ2v) is 3.08. The van der Waals surface area contributed by atoms with E-state index in [1.807, 2.05) is 6.07 Å². The number of rotatable bonds is 3. The lowest BCUT2D eigenvalue weighted by Gasteiger charge is -2.04. The molecule has 0 aliphatic carbocycles. The Balaban J connectivity index is 2.62. The van der Waals surface area contributed by atoms with Gasteiger partial charge in [-0.15, -0.1) is 0 Å². The number of hydrogen-bond acceptors (Lipinski definition) is 2. The van der Waals surface area contributed by atoms with Crippen LogP contribution in [0.2, 0.25) is 0 Å². The number of ether oxygens (including phenoxy) is 1. The molecule has 1 aromatic carbocycles. The summed E-state index contributed by atoms with van der Waals surface area (Å²) in [5.74, 6) is 0.765. The molecule has 0 saturated carbocycles. The van der Waals surface area contributed by atoms with Gasteiger partial charge in [-0.1, -0.05) is 34.7 Å². The van der Waals surface area contributed by atoms with Crippen LogP contribution in [-0.4, -0.2) is 16.1 Å². The van der Waals surface area contributed by atoms with E-state index in [1.165, 1.54) is 0 Å². The zero-order chi connectivity index (χ0) is 8.10. The van der Waals surface area contributed by atoms with Crippen molar-refractivity contribution in [1.82, 2.24) is 0 Å². The SMILES string of the molecule is Oc1ccccc1OCCI. The van der Waals surface area contributed by atoms with Crippen LogP contribution in [0.1, 0.15) is 0 Å². The molecule has 0 heterocycles. The summed E-state index contributed by atoms with van der Waals surface area (Å²) in [7, 11) is 0. The average Bonchev–Trinajstić information content (AvgIpc) is 2.03. The Labute approximate surface area is 79.3 Å². The molecule has 0 aliphatic rings. The third kappa shape index (κ3) is 2.57.